The van der Waals surface area contributed by atoms with Crippen molar-refractivity contribution in [1.82, 2.24) is 9.97 Å². The van der Waals surface area contributed by atoms with E-state index < -0.39 is 0 Å². The minimum atomic E-state index is -0.340. The van der Waals surface area contributed by atoms with Crippen LogP contribution in [0.15, 0.2) is 34.7 Å². The summed E-state index contributed by atoms with van der Waals surface area (Å²) < 4.78 is 13.1. The van der Waals surface area contributed by atoms with E-state index in [0.29, 0.717) is 52.7 Å². The number of anilines is 3. The van der Waals surface area contributed by atoms with Gasteiger partial charge in [0.15, 0.2) is 5.13 Å². The van der Waals surface area contributed by atoms with Crippen LogP contribution in [0.5, 0.6) is 0 Å². The maximum atomic E-state index is 13.1. The van der Waals surface area contributed by atoms with E-state index in [2.05, 4.69) is 27.4 Å². The van der Waals surface area contributed by atoms with Gasteiger partial charge in [-0.05, 0) is 61.4 Å². The second-order valence-electron chi connectivity index (χ2n) is 7.76. The molecule has 4 N–H and O–H groups in total. The van der Waals surface area contributed by atoms with Crippen molar-refractivity contribution in [3.8, 4) is 12.1 Å². The Morgan fingerprint density at radius 1 is 1.12 bits per heavy atom. The van der Waals surface area contributed by atoms with Crippen LogP contribution in [0.25, 0.3) is 0 Å². The van der Waals surface area contributed by atoms with Crippen LogP contribution in [-0.4, -0.2) is 21.2 Å². The first-order valence-electron chi connectivity index (χ1n) is 10.4. The lowest BCUT2D eigenvalue weighted by Gasteiger charge is -2.27. The van der Waals surface area contributed by atoms with E-state index in [1.807, 2.05) is 5.38 Å². The zero-order valence-corrected chi connectivity index (χ0v) is 19.2. The molecule has 0 aliphatic heterocycles. The average molecular weight is 481 g/mol. The van der Waals surface area contributed by atoms with Crippen LogP contribution in [-0.2, 0) is 5.75 Å². The molecule has 1 aliphatic carbocycles. The van der Waals surface area contributed by atoms with Crippen molar-refractivity contribution in [2.45, 2.75) is 48.5 Å². The van der Waals surface area contributed by atoms with Gasteiger partial charge in [-0.15, -0.1) is 11.3 Å². The van der Waals surface area contributed by atoms with Gasteiger partial charge in [0.1, 0.15) is 28.8 Å². The van der Waals surface area contributed by atoms with Gasteiger partial charge in [0.25, 0.3) is 0 Å². The smallest absolute Gasteiger partial charge is 0.187 e. The number of nitriles is 2. The van der Waals surface area contributed by atoms with Gasteiger partial charge in [0.2, 0.25) is 0 Å². The van der Waals surface area contributed by atoms with Crippen LogP contribution in [0.1, 0.15) is 54.0 Å². The van der Waals surface area contributed by atoms with Gasteiger partial charge < -0.3 is 16.2 Å². The van der Waals surface area contributed by atoms with Crippen LogP contribution in [0, 0.1) is 28.5 Å². The number of halogens is 1. The predicted octanol–water partition coefficient (Wildman–Crippen LogP) is 5.06. The molecule has 0 unspecified atom stereocenters. The highest BCUT2D eigenvalue weighted by Crippen LogP contribution is 2.40. The summed E-state index contributed by atoms with van der Waals surface area (Å²) in [5, 5.41) is 35.6. The molecule has 0 atom stereocenters. The van der Waals surface area contributed by atoms with Crippen molar-refractivity contribution in [2.75, 3.05) is 11.1 Å². The first-order chi connectivity index (χ1) is 16.0. The predicted molar refractivity (Wildman–Crippen MR) is 127 cm³/mol. The number of nitrogen functional groups attached to an aromatic ring is 1. The lowest BCUT2D eigenvalue weighted by atomic mass is 9.79. The third kappa shape index (κ3) is 5.25. The Kier molecular flexibility index (Phi) is 7.09. The number of thiazole rings is 1. The van der Waals surface area contributed by atoms with E-state index in [1.165, 1.54) is 35.2 Å². The Bertz CT molecular complexity index is 1220. The summed E-state index contributed by atoms with van der Waals surface area (Å²) in [6.45, 7) is 0. The number of benzene rings is 1. The summed E-state index contributed by atoms with van der Waals surface area (Å²) in [7, 11) is 0. The molecular weight excluding hydrogens is 459 g/mol. The highest BCUT2D eigenvalue weighted by molar-refractivity contribution is 7.98. The third-order valence-corrected chi connectivity index (χ3v) is 7.38. The molecule has 1 aromatic carbocycles. The molecule has 2 heterocycles. The second-order valence-corrected chi connectivity index (χ2v) is 9.58. The SMILES string of the molecule is N#Cc1c(N)nc(SCc2csc(Nc3ccc(F)cc3)n2)c(C#N)c1C1CCC(O)CC1. The van der Waals surface area contributed by atoms with Crippen molar-refractivity contribution in [2.24, 2.45) is 0 Å². The summed E-state index contributed by atoms with van der Waals surface area (Å²) in [6, 6.07) is 10.4. The van der Waals surface area contributed by atoms with E-state index in [-0.39, 0.29) is 29.2 Å². The fourth-order valence-electron chi connectivity index (χ4n) is 3.93. The lowest BCUT2D eigenvalue weighted by molar-refractivity contribution is 0.122. The number of nitrogens with one attached hydrogen (secondary N) is 1. The quantitative estimate of drug-likeness (QED) is 0.417. The van der Waals surface area contributed by atoms with Gasteiger partial charge in [0.05, 0.1) is 22.9 Å². The van der Waals surface area contributed by atoms with Gasteiger partial charge >= 0.3 is 0 Å². The Balaban J connectivity index is 1.54. The van der Waals surface area contributed by atoms with E-state index in [0.717, 1.165) is 11.4 Å². The topological polar surface area (TPSA) is 132 Å². The molecule has 1 saturated carbocycles. The minimum Gasteiger partial charge on any atom is -0.393 e. The summed E-state index contributed by atoms with van der Waals surface area (Å²) in [6.07, 6.45) is 2.32. The molecule has 0 amide bonds. The third-order valence-electron chi connectivity index (χ3n) is 5.56. The number of aliphatic hydroxyl groups excluding tert-OH is 1. The number of nitrogens with zero attached hydrogens (tertiary/aromatic N) is 4. The van der Waals surface area contributed by atoms with Crippen molar-refractivity contribution in [3.05, 3.63) is 57.8 Å². The largest absolute Gasteiger partial charge is 0.393 e. The summed E-state index contributed by atoms with van der Waals surface area (Å²) in [5.41, 5.74) is 8.93. The number of pyridine rings is 1. The van der Waals surface area contributed by atoms with Crippen LogP contribution >= 0.6 is 23.1 Å². The van der Waals surface area contributed by atoms with Crippen LogP contribution in [0.4, 0.5) is 21.0 Å². The molecule has 0 spiro atoms. The highest BCUT2D eigenvalue weighted by Gasteiger charge is 2.29. The zero-order valence-electron chi connectivity index (χ0n) is 17.6. The molecule has 4 rings (SSSR count). The molecule has 2 aromatic heterocycles. The average Bonchev–Trinajstić information content (AvgIpc) is 3.26. The summed E-state index contributed by atoms with van der Waals surface area (Å²) >= 11 is 2.78. The number of thioether (sulfide) groups is 1. The number of nitrogens with two attached hydrogens (primary N) is 1. The first kappa shape index (κ1) is 23.0. The lowest BCUT2D eigenvalue weighted by Crippen LogP contribution is -2.19. The summed E-state index contributed by atoms with van der Waals surface area (Å²) in [5.74, 6) is 0.283. The maximum Gasteiger partial charge on any atom is 0.187 e. The molecule has 0 bridgehead atoms. The number of rotatable bonds is 6. The molecule has 1 fully saturated rings. The second kappa shape index (κ2) is 10.2. The molecule has 0 radical (unpaired) electrons. The standard InChI is InChI=1S/C23H21FN6OS2/c24-14-3-5-15(6-4-14)28-23-29-16(12-33-23)11-32-22-19(10-26)20(18(9-25)21(27)30-22)13-1-7-17(31)8-2-13/h3-6,12-13,17,31H,1-2,7-8,11H2,(H2,27,30)(H,28,29). The Morgan fingerprint density at radius 3 is 2.48 bits per heavy atom. The van der Waals surface area contributed by atoms with E-state index in [9.17, 15) is 20.0 Å². The maximum absolute atomic E-state index is 13.1. The number of aliphatic hydroxyl groups is 1. The van der Waals surface area contributed by atoms with Crippen molar-refractivity contribution in [3.63, 3.8) is 0 Å². The Morgan fingerprint density at radius 2 is 1.82 bits per heavy atom. The molecule has 33 heavy (non-hydrogen) atoms. The molecule has 10 heteroatoms. The van der Waals surface area contributed by atoms with Gasteiger partial charge in [-0.25, -0.2) is 14.4 Å². The van der Waals surface area contributed by atoms with Crippen molar-refractivity contribution in [1.29, 1.82) is 10.5 Å². The molecular formula is C23H21FN6OS2. The number of aromatic nitrogens is 2. The number of hydrogen-bond acceptors (Lipinski definition) is 9. The van der Waals surface area contributed by atoms with E-state index >= 15 is 0 Å². The number of hydrogen-bond donors (Lipinski definition) is 3. The van der Waals surface area contributed by atoms with Gasteiger partial charge in [-0.1, -0.05) is 11.8 Å². The monoisotopic (exact) mass is 480 g/mol. The van der Waals surface area contributed by atoms with E-state index in [4.69, 9.17) is 5.73 Å². The van der Waals surface area contributed by atoms with Crippen LogP contribution in [0.3, 0.4) is 0 Å². The van der Waals surface area contributed by atoms with E-state index in [1.54, 1.807) is 12.1 Å². The Hall–Kier alpha value is -3.18. The van der Waals surface area contributed by atoms with Gasteiger partial charge in [-0.3, -0.25) is 0 Å². The summed E-state index contributed by atoms with van der Waals surface area (Å²) in [4.78, 5) is 8.90. The van der Waals surface area contributed by atoms with Gasteiger partial charge in [-0.2, -0.15) is 10.5 Å². The van der Waals surface area contributed by atoms with Crippen molar-refractivity contribution >= 4 is 39.7 Å². The normalized spacial score (nSPS) is 17.8. The minimum absolute atomic E-state index is 0.00636. The zero-order chi connectivity index (χ0) is 23.4. The Labute approximate surface area is 199 Å². The van der Waals surface area contributed by atoms with Crippen LogP contribution < -0.4 is 11.1 Å². The fraction of sp³-hybridized carbons (Fsp3) is 0.304. The molecule has 168 valence electrons. The highest BCUT2D eigenvalue weighted by atomic mass is 32.2. The first-order valence-corrected chi connectivity index (χ1v) is 12.3. The van der Waals surface area contributed by atoms with Crippen molar-refractivity contribution < 1.29 is 9.50 Å². The fourth-order valence-corrected chi connectivity index (χ4v) is 5.66. The van der Waals surface area contributed by atoms with Crippen LogP contribution in [0.2, 0.25) is 0 Å². The molecule has 1 aliphatic rings. The van der Waals surface area contributed by atoms with Gasteiger partial charge in [0, 0.05) is 16.8 Å². The molecule has 0 saturated heterocycles. The molecule has 7 nitrogen and oxygen atoms in total. The molecule has 3 aromatic rings.